The standard InChI is InChI=1S/C15H17ClN2O3/c1-15(2,3)13(20)14(18-7-6-17-9-18)21-10-4-5-11(16)12(19)8-10/h4-9,14,19H,1-3H3. The fraction of sp³-hybridized carbons (Fsp3) is 0.333. The van der Waals surface area contributed by atoms with Crippen LogP contribution in [0, 0.1) is 5.41 Å². The van der Waals surface area contributed by atoms with Gasteiger partial charge in [0.15, 0.2) is 5.78 Å². The number of halogens is 1. The zero-order valence-electron chi connectivity index (χ0n) is 12.1. The summed E-state index contributed by atoms with van der Waals surface area (Å²) in [4.78, 5) is 16.5. The second-order valence-corrected chi connectivity index (χ2v) is 6.11. The average molecular weight is 309 g/mol. The van der Waals surface area contributed by atoms with Crippen LogP contribution >= 0.6 is 11.6 Å². The van der Waals surface area contributed by atoms with E-state index in [9.17, 15) is 9.90 Å². The van der Waals surface area contributed by atoms with Crippen molar-refractivity contribution in [2.24, 2.45) is 5.41 Å². The summed E-state index contributed by atoms with van der Waals surface area (Å²) in [6.07, 6.45) is 3.90. The number of hydrogen-bond donors (Lipinski definition) is 1. The first-order valence-electron chi connectivity index (χ1n) is 6.46. The number of imidazole rings is 1. The fourth-order valence-corrected chi connectivity index (χ4v) is 1.84. The maximum absolute atomic E-state index is 12.6. The highest BCUT2D eigenvalue weighted by Crippen LogP contribution is 2.31. The molecule has 1 heterocycles. The number of phenols is 1. The van der Waals surface area contributed by atoms with Gasteiger partial charge in [-0.2, -0.15) is 0 Å². The third kappa shape index (κ3) is 3.55. The highest BCUT2D eigenvalue weighted by Gasteiger charge is 2.32. The first kappa shape index (κ1) is 15.4. The van der Waals surface area contributed by atoms with Crippen LogP contribution < -0.4 is 4.74 Å². The van der Waals surface area contributed by atoms with Crippen LogP contribution in [0.25, 0.3) is 0 Å². The molecule has 5 nitrogen and oxygen atoms in total. The maximum atomic E-state index is 12.6. The van der Waals surface area contributed by atoms with Gasteiger partial charge in [-0.3, -0.25) is 9.36 Å². The molecule has 0 bridgehead atoms. The van der Waals surface area contributed by atoms with Crippen molar-refractivity contribution in [2.45, 2.75) is 27.0 Å². The molecule has 0 aliphatic heterocycles. The van der Waals surface area contributed by atoms with Crippen LogP contribution in [-0.2, 0) is 4.79 Å². The van der Waals surface area contributed by atoms with E-state index in [1.54, 1.807) is 23.0 Å². The smallest absolute Gasteiger partial charge is 0.236 e. The molecule has 0 radical (unpaired) electrons. The minimum Gasteiger partial charge on any atom is -0.506 e. The summed E-state index contributed by atoms with van der Waals surface area (Å²) in [5.74, 6) is 0.157. The number of hydrogen-bond acceptors (Lipinski definition) is 4. The summed E-state index contributed by atoms with van der Waals surface area (Å²) in [5.41, 5.74) is -0.580. The molecule has 0 saturated heterocycles. The van der Waals surface area contributed by atoms with Gasteiger partial charge in [-0.15, -0.1) is 0 Å². The predicted molar refractivity (Wildman–Crippen MR) is 79.5 cm³/mol. The Hall–Kier alpha value is -2.01. The van der Waals surface area contributed by atoms with Gasteiger partial charge in [-0.25, -0.2) is 4.98 Å². The number of carbonyl (C=O) groups is 1. The Morgan fingerprint density at radius 3 is 2.67 bits per heavy atom. The molecular weight excluding hydrogens is 292 g/mol. The Bertz CT molecular complexity index is 633. The minimum atomic E-state index is -0.854. The number of aromatic nitrogens is 2. The Labute approximate surface area is 128 Å². The molecule has 0 aliphatic rings. The van der Waals surface area contributed by atoms with E-state index in [4.69, 9.17) is 16.3 Å². The first-order chi connectivity index (χ1) is 9.79. The molecule has 6 heteroatoms. The van der Waals surface area contributed by atoms with Crippen LogP contribution in [0.15, 0.2) is 36.9 Å². The van der Waals surface area contributed by atoms with Crippen molar-refractivity contribution in [3.8, 4) is 11.5 Å². The highest BCUT2D eigenvalue weighted by atomic mass is 35.5. The lowest BCUT2D eigenvalue weighted by molar-refractivity contribution is -0.137. The van der Waals surface area contributed by atoms with Gasteiger partial charge in [0, 0.05) is 23.9 Å². The van der Waals surface area contributed by atoms with Crippen LogP contribution in [0.1, 0.15) is 27.0 Å². The summed E-state index contributed by atoms with van der Waals surface area (Å²) in [5, 5.41) is 9.85. The number of benzene rings is 1. The quantitative estimate of drug-likeness (QED) is 0.939. The predicted octanol–water partition coefficient (Wildman–Crippen LogP) is 3.43. The molecule has 21 heavy (non-hydrogen) atoms. The van der Waals surface area contributed by atoms with Gasteiger partial charge in [-0.1, -0.05) is 32.4 Å². The molecule has 1 N–H and O–H groups in total. The topological polar surface area (TPSA) is 64.3 Å². The van der Waals surface area contributed by atoms with Crippen molar-refractivity contribution < 1.29 is 14.6 Å². The number of Topliss-reactive ketones (excluding diaryl/α,β-unsaturated/α-hetero) is 1. The van der Waals surface area contributed by atoms with Gasteiger partial charge in [0.1, 0.15) is 11.5 Å². The van der Waals surface area contributed by atoms with E-state index >= 15 is 0 Å². The fourth-order valence-electron chi connectivity index (χ4n) is 1.72. The van der Waals surface area contributed by atoms with E-state index < -0.39 is 11.6 Å². The summed E-state index contributed by atoms with van der Waals surface area (Å²) in [6, 6.07) is 4.49. The second-order valence-electron chi connectivity index (χ2n) is 5.71. The third-order valence-corrected chi connectivity index (χ3v) is 3.24. The second kappa shape index (κ2) is 5.77. The van der Waals surface area contributed by atoms with Crippen molar-refractivity contribution in [1.29, 1.82) is 0 Å². The van der Waals surface area contributed by atoms with Gasteiger partial charge < -0.3 is 9.84 Å². The van der Waals surface area contributed by atoms with E-state index in [0.29, 0.717) is 5.75 Å². The largest absolute Gasteiger partial charge is 0.506 e. The van der Waals surface area contributed by atoms with Crippen molar-refractivity contribution in [1.82, 2.24) is 9.55 Å². The Morgan fingerprint density at radius 2 is 2.14 bits per heavy atom. The number of carbonyl (C=O) groups excluding carboxylic acids is 1. The molecule has 0 fully saturated rings. The molecule has 1 atom stereocenters. The van der Waals surface area contributed by atoms with Crippen molar-refractivity contribution in [2.75, 3.05) is 0 Å². The monoisotopic (exact) mass is 308 g/mol. The SMILES string of the molecule is CC(C)(C)C(=O)C(Oc1ccc(Cl)c(O)c1)n1ccnc1. The molecule has 1 aromatic heterocycles. The molecule has 112 valence electrons. The van der Waals surface area contributed by atoms with Crippen molar-refractivity contribution >= 4 is 17.4 Å². The Balaban J connectivity index is 2.32. The number of rotatable bonds is 4. The average Bonchev–Trinajstić information content (AvgIpc) is 2.92. The number of aromatic hydroxyl groups is 1. The Kier molecular flexibility index (Phi) is 4.23. The summed E-state index contributed by atoms with van der Waals surface area (Å²) < 4.78 is 7.32. The normalized spacial score (nSPS) is 13.0. The number of phenolic OH excluding ortho intramolecular Hbond substituents is 1. The summed E-state index contributed by atoms with van der Waals surface area (Å²) in [6.45, 7) is 5.46. The number of ketones is 1. The first-order valence-corrected chi connectivity index (χ1v) is 6.84. The Morgan fingerprint density at radius 1 is 1.43 bits per heavy atom. The van der Waals surface area contributed by atoms with Crippen molar-refractivity contribution in [3.63, 3.8) is 0 Å². The molecule has 2 aromatic rings. The molecule has 1 aromatic carbocycles. The molecule has 0 spiro atoms. The van der Waals surface area contributed by atoms with Crippen molar-refractivity contribution in [3.05, 3.63) is 41.9 Å². The highest BCUT2D eigenvalue weighted by molar-refractivity contribution is 6.32. The molecule has 1 unspecified atom stereocenters. The minimum absolute atomic E-state index is 0.0956. The van der Waals surface area contributed by atoms with Gasteiger partial charge in [0.05, 0.1) is 11.3 Å². The molecule has 0 saturated carbocycles. The molecule has 2 rings (SSSR count). The van der Waals surface area contributed by atoms with E-state index in [0.717, 1.165) is 0 Å². The summed E-state index contributed by atoms with van der Waals surface area (Å²) in [7, 11) is 0. The van der Waals surface area contributed by atoms with Crippen LogP contribution in [-0.4, -0.2) is 20.4 Å². The van der Waals surface area contributed by atoms with E-state index in [2.05, 4.69) is 4.98 Å². The molecular formula is C15H17ClN2O3. The lowest BCUT2D eigenvalue weighted by atomic mass is 9.89. The summed E-state index contributed by atoms with van der Waals surface area (Å²) >= 11 is 5.76. The lowest BCUT2D eigenvalue weighted by Gasteiger charge is -2.26. The molecule has 0 amide bonds. The molecule has 0 aliphatic carbocycles. The van der Waals surface area contributed by atoms with Crippen LogP contribution in [0.4, 0.5) is 0 Å². The van der Waals surface area contributed by atoms with Gasteiger partial charge in [0.2, 0.25) is 6.23 Å². The zero-order valence-corrected chi connectivity index (χ0v) is 12.8. The lowest BCUT2D eigenvalue weighted by Crippen LogP contribution is -2.33. The zero-order chi connectivity index (χ0) is 15.6. The maximum Gasteiger partial charge on any atom is 0.236 e. The van der Waals surface area contributed by atoms with Gasteiger partial charge in [0.25, 0.3) is 0 Å². The van der Waals surface area contributed by atoms with Gasteiger partial charge >= 0.3 is 0 Å². The van der Waals surface area contributed by atoms with E-state index in [1.165, 1.54) is 18.5 Å². The van der Waals surface area contributed by atoms with Crippen LogP contribution in [0.2, 0.25) is 5.02 Å². The van der Waals surface area contributed by atoms with Crippen LogP contribution in [0.5, 0.6) is 11.5 Å². The number of ether oxygens (including phenoxy) is 1. The van der Waals surface area contributed by atoms with Crippen LogP contribution in [0.3, 0.4) is 0 Å². The number of nitrogens with zero attached hydrogens (tertiary/aromatic N) is 2. The van der Waals surface area contributed by atoms with E-state index in [1.807, 2.05) is 20.8 Å². The van der Waals surface area contributed by atoms with E-state index in [-0.39, 0.29) is 16.6 Å². The third-order valence-electron chi connectivity index (χ3n) is 2.92. The van der Waals surface area contributed by atoms with Gasteiger partial charge in [-0.05, 0) is 12.1 Å².